The number of thiazole rings is 2. The van der Waals surface area contributed by atoms with Crippen LogP contribution in [0.1, 0.15) is 81.9 Å². The number of aromatic nitrogens is 8. The zero-order valence-corrected chi connectivity index (χ0v) is 29.7. The Labute approximate surface area is 294 Å². The lowest BCUT2D eigenvalue weighted by Gasteiger charge is -2.06. The van der Waals surface area contributed by atoms with E-state index < -0.39 is 18.4 Å². The number of aliphatic hydroxyl groups excluding tert-OH is 1. The van der Waals surface area contributed by atoms with Gasteiger partial charge in [0.1, 0.15) is 18.6 Å². The number of azo groups is 2. The van der Waals surface area contributed by atoms with E-state index >= 15 is 0 Å². The normalized spacial score (nSPS) is 11.7. The van der Waals surface area contributed by atoms with E-state index in [2.05, 4.69) is 54.2 Å². The summed E-state index contributed by atoms with van der Waals surface area (Å²) in [7, 11) is 1.27. The summed E-state index contributed by atoms with van der Waals surface area (Å²) in [6.45, 7) is 6.91. The maximum Gasteiger partial charge on any atom is 0.359 e. The summed E-state index contributed by atoms with van der Waals surface area (Å²) >= 11 is 2.37. The Balaban J connectivity index is 1.54. The van der Waals surface area contributed by atoms with Crippen molar-refractivity contribution in [3.05, 3.63) is 45.2 Å². The number of aryl methyl sites for hydroxylation is 4. The van der Waals surface area contributed by atoms with Crippen LogP contribution in [0.3, 0.4) is 0 Å². The molecule has 0 amide bonds. The second-order valence-electron chi connectivity index (χ2n) is 10.9. The number of Topliss-reactive ketones (excluding diaryl/α,β-unsaturated/α-hetero) is 1. The first-order valence-corrected chi connectivity index (χ1v) is 17.3. The summed E-state index contributed by atoms with van der Waals surface area (Å²) in [6, 6.07) is 1.62. The molecule has 0 aliphatic rings. The number of hydrogen-bond donors (Lipinski definition) is 3. The molecule has 0 aliphatic carbocycles. The molecule has 0 saturated heterocycles. The monoisotopic (exact) mass is 720 g/mol. The summed E-state index contributed by atoms with van der Waals surface area (Å²) in [5, 5.41) is 38.0. The number of anilines is 2. The van der Waals surface area contributed by atoms with Crippen LogP contribution in [0.4, 0.5) is 33.0 Å². The van der Waals surface area contributed by atoms with Crippen LogP contribution in [0.15, 0.2) is 32.9 Å². The largest absolute Gasteiger partial charge is 0.464 e. The summed E-state index contributed by atoms with van der Waals surface area (Å²) in [5.41, 5.74) is 15.1. The van der Waals surface area contributed by atoms with Crippen molar-refractivity contribution >= 4 is 67.4 Å². The molecule has 0 atom stereocenters. The van der Waals surface area contributed by atoms with E-state index in [9.17, 15) is 14.7 Å². The highest BCUT2D eigenvalue weighted by Crippen LogP contribution is 2.37. The number of esters is 1. The van der Waals surface area contributed by atoms with Crippen molar-refractivity contribution < 1.29 is 19.4 Å². The number of ketones is 1. The van der Waals surface area contributed by atoms with Crippen molar-refractivity contribution in [2.75, 3.05) is 25.2 Å². The van der Waals surface area contributed by atoms with Crippen molar-refractivity contribution in [1.82, 2.24) is 39.5 Å². The number of nitrogen functional groups attached to an aromatic ring is 2. The number of carbonyl (C=O) groups excluding carboxylic acids is 2. The molecule has 0 aliphatic heterocycles. The minimum absolute atomic E-state index is 0.0420. The van der Waals surface area contributed by atoms with Gasteiger partial charge >= 0.3 is 5.97 Å². The van der Waals surface area contributed by atoms with Gasteiger partial charge < -0.3 is 21.3 Å². The fraction of sp³-hybridized carbons (Fsp3) is 0.400. The van der Waals surface area contributed by atoms with Crippen LogP contribution in [0.5, 0.6) is 0 Å². The Kier molecular flexibility index (Phi) is 11.4. The third-order valence-electron chi connectivity index (χ3n) is 7.24. The molecule has 0 saturated carbocycles. The van der Waals surface area contributed by atoms with Crippen molar-refractivity contribution in [3.63, 3.8) is 0 Å². The van der Waals surface area contributed by atoms with Crippen LogP contribution < -0.4 is 11.5 Å². The number of carbonyl (C=O) groups is 2. The van der Waals surface area contributed by atoms with Gasteiger partial charge in [0.05, 0.1) is 28.5 Å². The predicted molar refractivity (Wildman–Crippen MR) is 187 cm³/mol. The predicted octanol–water partition coefficient (Wildman–Crippen LogP) is 6.02. The van der Waals surface area contributed by atoms with Gasteiger partial charge in [-0.25, -0.2) is 24.7 Å². The highest BCUT2D eigenvalue weighted by molar-refractivity contribution is 7.16. The fourth-order valence-corrected chi connectivity index (χ4v) is 6.23. The van der Waals surface area contributed by atoms with Crippen molar-refractivity contribution in [2.45, 2.75) is 66.2 Å². The summed E-state index contributed by atoms with van der Waals surface area (Å²) < 4.78 is 7.71. The van der Waals surface area contributed by atoms with E-state index in [4.69, 9.17) is 26.4 Å². The van der Waals surface area contributed by atoms with Gasteiger partial charge in [0.15, 0.2) is 50.3 Å². The van der Waals surface area contributed by atoms with E-state index in [0.717, 1.165) is 25.7 Å². The average molecular weight is 721 g/mol. The molecule has 0 bridgehead atoms. The summed E-state index contributed by atoms with van der Waals surface area (Å²) in [5.74, 6) is -0.217. The quantitative estimate of drug-likeness (QED) is 0.0638. The Morgan fingerprint density at radius 1 is 0.820 bits per heavy atom. The second kappa shape index (κ2) is 15.9. The van der Waals surface area contributed by atoms with Gasteiger partial charge in [0.25, 0.3) is 0 Å². The molecule has 50 heavy (non-hydrogen) atoms. The number of hydrogen-bond acceptors (Lipinski definition) is 18. The number of unbranched alkanes of at least 4 members (excludes halogenated alkanes) is 2. The van der Waals surface area contributed by atoms with Crippen LogP contribution in [0.25, 0.3) is 11.6 Å². The van der Waals surface area contributed by atoms with Gasteiger partial charge in [-0.05, 0) is 39.5 Å². The lowest BCUT2D eigenvalue weighted by molar-refractivity contribution is 0.0595. The molecule has 0 fully saturated rings. The van der Waals surface area contributed by atoms with Gasteiger partial charge in [-0.15, -0.1) is 20.5 Å². The Morgan fingerprint density at radius 3 is 1.76 bits per heavy atom. The molecule has 0 radical (unpaired) electrons. The zero-order chi connectivity index (χ0) is 35.9. The van der Waals surface area contributed by atoms with Crippen molar-refractivity contribution in [3.8, 4) is 11.6 Å². The van der Waals surface area contributed by atoms with Crippen LogP contribution in [-0.2, 0) is 17.6 Å². The molecule has 5 N–H and O–H groups in total. The number of nitrogens with two attached hydrogens (primary N) is 2. The third kappa shape index (κ3) is 7.61. The SMILES string of the molecule is CCCCc1nn(-c2cc(-n3nc(CCCC)c(N=Nc4sc(C)nc4C(=O)OC)c3N)ncn2)c(N)c1N=Nc1sc(C)nc1C(=O)CO. The Bertz CT molecular complexity index is 1930. The molecule has 5 aromatic heterocycles. The lowest BCUT2D eigenvalue weighted by Crippen LogP contribution is -2.09. The maximum atomic E-state index is 12.2. The summed E-state index contributed by atoms with van der Waals surface area (Å²) in [4.78, 5) is 41.7. The van der Waals surface area contributed by atoms with Crippen LogP contribution in [0, 0.1) is 13.8 Å². The maximum absolute atomic E-state index is 12.2. The first-order chi connectivity index (χ1) is 24.1. The molecule has 0 unspecified atom stereocenters. The van der Waals surface area contributed by atoms with Crippen molar-refractivity contribution in [2.24, 2.45) is 20.5 Å². The van der Waals surface area contributed by atoms with Crippen LogP contribution in [0.2, 0.25) is 0 Å². The molecule has 5 rings (SSSR count). The lowest BCUT2D eigenvalue weighted by atomic mass is 10.2. The topological polar surface area (TPSA) is 252 Å². The number of aliphatic hydroxyl groups is 1. The highest BCUT2D eigenvalue weighted by Gasteiger charge is 2.23. The number of methoxy groups -OCH3 is 1. The Hall–Kier alpha value is -5.34. The van der Waals surface area contributed by atoms with Gasteiger partial charge in [-0.2, -0.15) is 19.6 Å². The van der Waals surface area contributed by atoms with E-state index in [1.807, 2.05) is 0 Å². The van der Waals surface area contributed by atoms with E-state index in [0.29, 0.717) is 57.3 Å². The summed E-state index contributed by atoms with van der Waals surface area (Å²) in [6.07, 6.45) is 5.89. The number of rotatable bonds is 15. The van der Waals surface area contributed by atoms with Gasteiger partial charge in [0, 0.05) is 6.07 Å². The Morgan fingerprint density at radius 2 is 1.30 bits per heavy atom. The smallest absolute Gasteiger partial charge is 0.359 e. The van der Waals surface area contributed by atoms with E-state index in [-0.39, 0.29) is 33.0 Å². The molecule has 0 spiro atoms. The zero-order valence-electron chi connectivity index (χ0n) is 28.1. The molecular weight excluding hydrogens is 685 g/mol. The molecule has 262 valence electrons. The highest BCUT2D eigenvalue weighted by atomic mass is 32.1. The molecule has 20 heteroatoms. The molecular formula is C30H36N14O4S2. The molecule has 5 aromatic rings. The van der Waals surface area contributed by atoms with E-state index in [1.54, 1.807) is 19.9 Å². The molecule has 0 aromatic carbocycles. The van der Waals surface area contributed by atoms with Gasteiger partial charge in [-0.1, -0.05) is 49.4 Å². The minimum Gasteiger partial charge on any atom is -0.464 e. The third-order valence-corrected chi connectivity index (χ3v) is 8.95. The fourth-order valence-electron chi connectivity index (χ4n) is 4.75. The molecule has 5 heterocycles. The van der Waals surface area contributed by atoms with Gasteiger partial charge in [-0.3, -0.25) is 4.79 Å². The molecule has 18 nitrogen and oxygen atoms in total. The number of ether oxygens (including phenoxy) is 1. The van der Waals surface area contributed by atoms with Crippen molar-refractivity contribution in [1.29, 1.82) is 0 Å². The first-order valence-electron chi connectivity index (χ1n) is 15.7. The van der Waals surface area contributed by atoms with Crippen LogP contribution in [-0.4, -0.2) is 70.1 Å². The first kappa shape index (κ1) is 36.0. The van der Waals surface area contributed by atoms with Gasteiger partial charge in [0.2, 0.25) is 5.78 Å². The van der Waals surface area contributed by atoms with Crippen LogP contribution >= 0.6 is 22.7 Å². The number of nitrogens with zero attached hydrogens (tertiary/aromatic N) is 12. The van der Waals surface area contributed by atoms with E-state index in [1.165, 1.54) is 45.5 Å². The minimum atomic E-state index is -0.698. The second-order valence-corrected chi connectivity index (χ2v) is 13.2. The standard InChI is InChI=1S/C30H36N14O4S2/c1-6-8-10-17-22(37-39-28-24(19(46)13-45)35-15(3)49-28)26(31)43(41-17)20-12-21(34-14-33-20)44-27(32)23(18(42-44)11-9-7-2)38-40-29-25(30(47)48-5)36-16(4)50-29/h12,14,45H,6-11,13,31-32H2,1-5H3. The average Bonchev–Trinajstić information content (AvgIpc) is 3.86.